The zero-order chi connectivity index (χ0) is 15.4. The summed E-state index contributed by atoms with van der Waals surface area (Å²) in [6, 6.07) is 2.72. The first-order chi connectivity index (χ1) is 10.1. The number of rotatable bonds is 8. The standard InChI is InChI=1S/C16H25BrN2O2/c1-4-13(5-2)18(8-9-21-3)16(20)15-10-12(17)11-19(15)14-6-7-14/h10-11,13-14H,4-9H2,1-3H3. The summed E-state index contributed by atoms with van der Waals surface area (Å²) in [5, 5.41) is 0. The molecule has 0 saturated heterocycles. The van der Waals surface area contributed by atoms with Gasteiger partial charge in [0.2, 0.25) is 0 Å². The molecule has 1 aliphatic carbocycles. The number of aromatic nitrogens is 1. The first-order valence-electron chi connectivity index (χ1n) is 7.79. The van der Waals surface area contributed by atoms with Crippen molar-refractivity contribution >= 4 is 21.8 Å². The van der Waals surface area contributed by atoms with Crippen molar-refractivity contribution in [2.75, 3.05) is 20.3 Å². The maximum atomic E-state index is 13.0. The van der Waals surface area contributed by atoms with Crippen LogP contribution in [0.25, 0.3) is 0 Å². The molecule has 1 aromatic heterocycles. The summed E-state index contributed by atoms with van der Waals surface area (Å²) in [6.07, 6.45) is 6.32. The van der Waals surface area contributed by atoms with Gasteiger partial charge in [-0.2, -0.15) is 0 Å². The van der Waals surface area contributed by atoms with E-state index in [4.69, 9.17) is 4.74 Å². The first kappa shape index (κ1) is 16.6. The normalized spacial score (nSPS) is 14.7. The lowest BCUT2D eigenvalue weighted by Crippen LogP contribution is -2.42. The van der Waals surface area contributed by atoms with Crippen LogP contribution in [0.15, 0.2) is 16.7 Å². The highest BCUT2D eigenvalue weighted by molar-refractivity contribution is 9.10. The summed E-state index contributed by atoms with van der Waals surface area (Å²) in [5.41, 5.74) is 0.798. The van der Waals surface area contributed by atoms with E-state index in [1.807, 2.05) is 17.2 Å². The molecule has 1 amide bonds. The molecule has 0 radical (unpaired) electrons. The van der Waals surface area contributed by atoms with Crippen LogP contribution in [0.2, 0.25) is 0 Å². The maximum absolute atomic E-state index is 13.0. The van der Waals surface area contributed by atoms with Crippen LogP contribution in [0.5, 0.6) is 0 Å². The Balaban J connectivity index is 2.24. The second kappa shape index (κ2) is 7.45. The molecule has 0 bridgehead atoms. The van der Waals surface area contributed by atoms with Crippen molar-refractivity contribution < 1.29 is 9.53 Å². The van der Waals surface area contributed by atoms with Crippen LogP contribution >= 0.6 is 15.9 Å². The van der Waals surface area contributed by atoms with Gasteiger partial charge in [-0.1, -0.05) is 13.8 Å². The van der Waals surface area contributed by atoms with Crippen molar-refractivity contribution in [1.29, 1.82) is 0 Å². The first-order valence-corrected chi connectivity index (χ1v) is 8.58. The number of carbonyl (C=O) groups is 1. The molecular formula is C16H25BrN2O2. The lowest BCUT2D eigenvalue weighted by atomic mass is 10.1. The molecule has 1 fully saturated rings. The third-order valence-electron chi connectivity index (χ3n) is 4.16. The number of hydrogen-bond acceptors (Lipinski definition) is 2. The number of methoxy groups -OCH3 is 1. The molecule has 2 rings (SSSR count). The van der Waals surface area contributed by atoms with Crippen molar-refractivity contribution in [3.05, 3.63) is 22.4 Å². The van der Waals surface area contributed by atoms with E-state index in [1.165, 1.54) is 12.8 Å². The Labute approximate surface area is 135 Å². The predicted octanol–water partition coefficient (Wildman–Crippen LogP) is 3.86. The van der Waals surface area contributed by atoms with E-state index in [1.54, 1.807) is 7.11 Å². The fourth-order valence-electron chi connectivity index (χ4n) is 2.79. The predicted molar refractivity (Wildman–Crippen MR) is 87.7 cm³/mol. The highest BCUT2D eigenvalue weighted by Gasteiger charge is 2.31. The van der Waals surface area contributed by atoms with E-state index in [0.717, 1.165) is 23.0 Å². The second-order valence-electron chi connectivity index (χ2n) is 5.64. The monoisotopic (exact) mass is 356 g/mol. The van der Waals surface area contributed by atoms with E-state index >= 15 is 0 Å². The minimum absolute atomic E-state index is 0.123. The van der Waals surface area contributed by atoms with Crippen molar-refractivity contribution in [3.8, 4) is 0 Å². The van der Waals surface area contributed by atoms with E-state index in [2.05, 4.69) is 34.3 Å². The van der Waals surface area contributed by atoms with Gasteiger partial charge < -0.3 is 14.2 Å². The molecule has 1 aliphatic rings. The van der Waals surface area contributed by atoms with Gasteiger partial charge in [0.05, 0.1) is 6.61 Å². The van der Waals surface area contributed by atoms with Gasteiger partial charge in [0.25, 0.3) is 5.91 Å². The van der Waals surface area contributed by atoms with Gasteiger partial charge in [-0.05, 0) is 47.7 Å². The van der Waals surface area contributed by atoms with Crippen molar-refractivity contribution in [2.45, 2.75) is 51.6 Å². The average Bonchev–Trinajstić information content (AvgIpc) is 3.25. The van der Waals surface area contributed by atoms with Crippen LogP contribution in [-0.4, -0.2) is 41.7 Å². The van der Waals surface area contributed by atoms with E-state index in [9.17, 15) is 4.79 Å². The molecule has 0 atom stereocenters. The molecule has 0 N–H and O–H groups in total. The topological polar surface area (TPSA) is 34.5 Å². The zero-order valence-electron chi connectivity index (χ0n) is 13.1. The number of halogens is 1. The minimum atomic E-state index is 0.123. The van der Waals surface area contributed by atoms with Gasteiger partial charge >= 0.3 is 0 Å². The summed E-state index contributed by atoms with van der Waals surface area (Å²) < 4.78 is 8.30. The molecule has 0 unspecified atom stereocenters. The largest absolute Gasteiger partial charge is 0.383 e. The average molecular weight is 357 g/mol. The van der Waals surface area contributed by atoms with Gasteiger partial charge in [0.15, 0.2) is 0 Å². The molecule has 21 heavy (non-hydrogen) atoms. The highest BCUT2D eigenvalue weighted by atomic mass is 79.9. The Hall–Kier alpha value is -0.810. The molecule has 1 aromatic rings. The van der Waals surface area contributed by atoms with Crippen molar-refractivity contribution in [3.63, 3.8) is 0 Å². The zero-order valence-corrected chi connectivity index (χ0v) is 14.7. The number of ether oxygens (including phenoxy) is 1. The number of carbonyl (C=O) groups excluding carboxylic acids is 1. The number of hydrogen-bond donors (Lipinski definition) is 0. The summed E-state index contributed by atoms with van der Waals surface area (Å²) >= 11 is 3.50. The van der Waals surface area contributed by atoms with E-state index < -0.39 is 0 Å². The number of nitrogens with zero attached hydrogens (tertiary/aromatic N) is 2. The smallest absolute Gasteiger partial charge is 0.270 e. The lowest BCUT2D eigenvalue weighted by molar-refractivity contribution is 0.0578. The molecule has 0 spiro atoms. The van der Waals surface area contributed by atoms with Crippen LogP contribution in [0.1, 0.15) is 56.1 Å². The Morgan fingerprint density at radius 3 is 2.67 bits per heavy atom. The summed E-state index contributed by atoms with van der Waals surface area (Å²) in [5.74, 6) is 0.123. The van der Waals surface area contributed by atoms with Crippen LogP contribution in [0.4, 0.5) is 0 Å². The quantitative estimate of drug-likeness (QED) is 0.708. The minimum Gasteiger partial charge on any atom is -0.383 e. The molecular weight excluding hydrogens is 332 g/mol. The molecule has 118 valence electrons. The fraction of sp³-hybridized carbons (Fsp3) is 0.688. The van der Waals surface area contributed by atoms with E-state index in [-0.39, 0.29) is 11.9 Å². The van der Waals surface area contributed by atoms with Gasteiger partial charge in [-0.15, -0.1) is 0 Å². The second-order valence-corrected chi connectivity index (χ2v) is 6.56. The molecule has 5 heteroatoms. The van der Waals surface area contributed by atoms with Crippen LogP contribution < -0.4 is 0 Å². The van der Waals surface area contributed by atoms with Crippen molar-refractivity contribution in [1.82, 2.24) is 9.47 Å². The Bertz CT molecular complexity index is 479. The summed E-state index contributed by atoms with van der Waals surface area (Å²) in [7, 11) is 1.68. The van der Waals surface area contributed by atoms with Crippen LogP contribution in [0, 0.1) is 0 Å². The van der Waals surface area contributed by atoms with Gasteiger partial charge in [0, 0.05) is 36.4 Å². The van der Waals surface area contributed by atoms with Gasteiger partial charge in [-0.25, -0.2) is 0 Å². The maximum Gasteiger partial charge on any atom is 0.270 e. The van der Waals surface area contributed by atoms with Crippen molar-refractivity contribution in [2.24, 2.45) is 0 Å². The third-order valence-corrected chi connectivity index (χ3v) is 4.59. The summed E-state index contributed by atoms with van der Waals surface area (Å²) in [6.45, 7) is 5.50. The van der Waals surface area contributed by atoms with Crippen LogP contribution in [0.3, 0.4) is 0 Å². The van der Waals surface area contributed by atoms with Crippen LogP contribution in [-0.2, 0) is 4.74 Å². The lowest BCUT2D eigenvalue weighted by Gasteiger charge is -2.30. The molecule has 1 heterocycles. The fourth-order valence-corrected chi connectivity index (χ4v) is 3.23. The molecule has 1 saturated carbocycles. The Morgan fingerprint density at radius 1 is 1.48 bits per heavy atom. The summed E-state index contributed by atoms with van der Waals surface area (Å²) in [4.78, 5) is 15.0. The van der Waals surface area contributed by atoms with Gasteiger partial charge in [-0.3, -0.25) is 4.79 Å². The van der Waals surface area contributed by atoms with Gasteiger partial charge in [0.1, 0.15) is 5.69 Å². The highest BCUT2D eigenvalue weighted by Crippen LogP contribution is 2.38. The Kier molecular flexibility index (Phi) is 5.88. The SMILES string of the molecule is CCC(CC)N(CCOC)C(=O)c1cc(Br)cn1C1CC1. The van der Waals surface area contributed by atoms with E-state index in [0.29, 0.717) is 19.2 Å². The Morgan fingerprint density at radius 2 is 2.14 bits per heavy atom. The number of amides is 1. The third kappa shape index (κ3) is 3.89. The molecule has 0 aromatic carbocycles. The molecule has 4 nitrogen and oxygen atoms in total. The molecule has 0 aliphatic heterocycles.